The average molecular weight is 482 g/mol. The van der Waals surface area contributed by atoms with Gasteiger partial charge in [-0.15, -0.1) is 24.0 Å². The lowest BCUT2D eigenvalue weighted by atomic mass is 10.2. The van der Waals surface area contributed by atoms with Crippen molar-refractivity contribution in [1.29, 1.82) is 0 Å². The monoisotopic (exact) mass is 482 g/mol. The van der Waals surface area contributed by atoms with E-state index in [0.717, 1.165) is 18.1 Å². The molecule has 1 saturated heterocycles. The molecule has 0 atom stereocenters. The number of aliphatic imine (C=N–C) groups is 1. The molecule has 0 spiro atoms. The molecular weight excluding hydrogens is 455 g/mol. The average Bonchev–Trinajstić information content (AvgIpc) is 2.54. The minimum absolute atomic E-state index is 0. The first kappa shape index (κ1) is 21.9. The van der Waals surface area contributed by atoms with E-state index in [0.29, 0.717) is 25.5 Å². The Kier molecular flexibility index (Phi) is 7.91. The quantitative estimate of drug-likeness (QED) is 0.400. The summed E-state index contributed by atoms with van der Waals surface area (Å²) in [6.45, 7) is 7.63. The summed E-state index contributed by atoms with van der Waals surface area (Å²) in [4.78, 5) is 10.8. The van der Waals surface area contributed by atoms with Gasteiger partial charge >= 0.3 is 0 Å². The highest BCUT2D eigenvalue weighted by molar-refractivity contribution is 14.0. The number of guanidine groups is 1. The van der Waals surface area contributed by atoms with Gasteiger partial charge in [-0.05, 0) is 26.3 Å². The van der Waals surface area contributed by atoms with Crippen molar-refractivity contribution < 1.29 is 13.2 Å². The summed E-state index contributed by atoms with van der Waals surface area (Å²) in [6, 6.07) is 3.72. The number of hydrogen-bond acceptors (Lipinski definition) is 5. The maximum Gasteiger partial charge on any atom is 0.212 e. The molecule has 1 aromatic rings. The van der Waals surface area contributed by atoms with E-state index in [9.17, 15) is 8.42 Å². The van der Waals surface area contributed by atoms with Crippen molar-refractivity contribution in [3.63, 3.8) is 0 Å². The Morgan fingerprint density at radius 3 is 2.68 bits per heavy atom. The van der Waals surface area contributed by atoms with Gasteiger partial charge in [0.25, 0.3) is 0 Å². The molecule has 0 amide bonds. The molecule has 0 aliphatic carbocycles. The Balaban J connectivity index is 0.00000312. The van der Waals surface area contributed by atoms with Crippen molar-refractivity contribution in [2.75, 3.05) is 32.5 Å². The maximum atomic E-state index is 12.2. The summed E-state index contributed by atoms with van der Waals surface area (Å²) in [6.07, 6.45) is 1.73. The molecule has 0 aromatic carbocycles. The summed E-state index contributed by atoms with van der Waals surface area (Å²) in [5.74, 6) is 1.45. The van der Waals surface area contributed by atoms with E-state index in [2.05, 4.69) is 15.3 Å². The number of methoxy groups -OCH3 is 1. The summed E-state index contributed by atoms with van der Waals surface area (Å²) in [5, 5.41) is 3.25. The molecule has 1 aliphatic heterocycles. The first-order valence-corrected chi connectivity index (χ1v) is 9.69. The van der Waals surface area contributed by atoms with Gasteiger partial charge in [0.1, 0.15) is 0 Å². The van der Waals surface area contributed by atoms with Crippen LogP contribution in [-0.4, -0.2) is 61.5 Å². The largest absolute Gasteiger partial charge is 0.481 e. The lowest BCUT2D eigenvalue weighted by molar-refractivity contribution is 0.353. The van der Waals surface area contributed by atoms with Gasteiger partial charge in [0.2, 0.25) is 5.88 Å². The Morgan fingerprint density at radius 1 is 1.44 bits per heavy atom. The van der Waals surface area contributed by atoms with Crippen molar-refractivity contribution in [1.82, 2.24) is 15.2 Å². The van der Waals surface area contributed by atoms with Gasteiger partial charge in [0, 0.05) is 31.9 Å². The molecule has 0 saturated carbocycles. The van der Waals surface area contributed by atoms with Crippen LogP contribution in [0.3, 0.4) is 0 Å². The zero-order valence-electron chi connectivity index (χ0n) is 15.2. The molecule has 9 heteroatoms. The van der Waals surface area contributed by atoms with E-state index < -0.39 is 14.6 Å². The lowest BCUT2D eigenvalue weighted by Gasteiger charge is -2.39. The maximum absolute atomic E-state index is 12.2. The second-order valence-electron chi connectivity index (χ2n) is 6.38. The minimum Gasteiger partial charge on any atom is -0.481 e. The molecule has 142 valence electrons. The van der Waals surface area contributed by atoms with Gasteiger partial charge < -0.3 is 15.0 Å². The van der Waals surface area contributed by atoms with Crippen molar-refractivity contribution in [2.45, 2.75) is 32.1 Å². The van der Waals surface area contributed by atoms with Gasteiger partial charge in [-0.1, -0.05) is 6.07 Å². The first-order valence-electron chi connectivity index (χ1n) is 8.03. The number of nitrogens with one attached hydrogen (secondary N) is 1. The normalized spacial score (nSPS) is 19.0. The van der Waals surface area contributed by atoms with Crippen LogP contribution in [0.15, 0.2) is 23.3 Å². The molecule has 1 N–H and O–H groups in total. The van der Waals surface area contributed by atoms with Crippen molar-refractivity contribution in [2.24, 2.45) is 4.99 Å². The fourth-order valence-corrected chi connectivity index (χ4v) is 3.91. The Morgan fingerprint density at radius 2 is 2.16 bits per heavy atom. The molecule has 25 heavy (non-hydrogen) atoms. The molecule has 0 unspecified atom stereocenters. The minimum atomic E-state index is -3.07. The van der Waals surface area contributed by atoms with Crippen molar-refractivity contribution in [3.05, 3.63) is 23.9 Å². The summed E-state index contributed by atoms with van der Waals surface area (Å²) in [5.41, 5.74) is 0.968. The third-order valence-electron chi connectivity index (χ3n) is 4.10. The number of ether oxygens (including phenoxy) is 1. The third-order valence-corrected chi connectivity index (χ3v) is 6.63. The highest BCUT2D eigenvalue weighted by atomic mass is 127. The van der Waals surface area contributed by atoms with Crippen molar-refractivity contribution in [3.8, 4) is 5.88 Å². The second-order valence-corrected chi connectivity index (χ2v) is 9.12. The van der Waals surface area contributed by atoms with Gasteiger partial charge in [-0.25, -0.2) is 18.4 Å². The molecule has 7 nitrogen and oxygen atoms in total. The van der Waals surface area contributed by atoms with E-state index in [1.807, 2.05) is 17.9 Å². The molecule has 2 heterocycles. The predicted octanol–water partition coefficient (Wildman–Crippen LogP) is 1.68. The lowest BCUT2D eigenvalue weighted by Crippen LogP contribution is -2.57. The fraction of sp³-hybridized carbons (Fsp3) is 0.625. The van der Waals surface area contributed by atoms with E-state index in [1.54, 1.807) is 33.2 Å². The number of sulfone groups is 1. The van der Waals surface area contributed by atoms with Crippen LogP contribution in [0.25, 0.3) is 0 Å². The zero-order chi connectivity index (χ0) is 17.8. The third kappa shape index (κ3) is 5.44. The highest BCUT2D eigenvalue weighted by Gasteiger charge is 2.40. The smallest absolute Gasteiger partial charge is 0.212 e. The number of halogens is 1. The predicted molar refractivity (Wildman–Crippen MR) is 110 cm³/mol. The zero-order valence-corrected chi connectivity index (χ0v) is 18.3. The molecule has 1 fully saturated rings. The van der Waals surface area contributed by atoms with E-state index in [1.165, 1.54) is 0 Å². The van der Waals surface area contributed by atoms with Crippen LogP contribution in [0.2, 0.25) is 0 Å². The Hall–Kier alpha value is -1.10. The van der Waals surface area contributed by atoms with E-state index >= 15 is 0 Å². The van der Waals surface area contributed by atoms with Gasteiger partial charge in [0.15, 0.2) is 15.8 Å². The first-order chi connectivity index (χ1) is 11.3. The van der Waals surface area contributed by atoms with E-state index in [-0.39, 0.29) is 29.7 Å². The van der Waals surface area contributed by atoms with Gasteiger partial charge in [-0.3, -0.25) is 0 Å². The standard InChI is InChI=1S/C16H26N4O3S.HI/c1-5-17-15(19-11-13-6-7-14(23-4)18-10-13)20-8-9-24(21,22)16(2,3)12-20;/h6-7,10H,5,8-9,11-12H2,1-4H3,(H,17,19);1H. The fourth-order valence-electron chi connectivity index (χ4n) is 2.54. The van der Waals surface area contributed by atoms with Crippen LogP contribution in [0.4, 0.5) is 0 Å². The number of aromatic nitrogens is 1. The second kappa shape index (κ2) is 9.02. The van der Waals surface area contributed by atoms with Crippen LogP contribution >= 0.6 is 24.0 Å². The molecule has 0 bridgehead atoms. The Labute approximate surface area is 167 Å². The van der Waals surface area contributed by atoms with Crippen LogP contribution in [0, 0.1) is 0 Å². The van der Waals surface area contributed by atoms with E-state index in [4.69, 9.17) is 4.74 Å². The number of rotatable bonds is 4. The molecule has 1 aromatic heterocycles. The van der Waals surface area contributed by atoms with Crippen LogP contribution in [-0.2, 0) is 16.4 Å². The molecule has 2 rings (SSSR count). The van der Waals surface area contributed by atoms with Crippen LogP contribution < -0.4 is 10.1 Å². The summed E-state index contributed by atoms with van der Waals surface area (Å²) < 4.78 is 28.6. The number of pyridine rings is 1. The number of hydrogen-bond donors (Lipinski definition) is 1. The van der Waals surface area contributed by atoms with Gasteiger partial charge in [-0.2, -0.15) is 0 Å². The highest BCUT2D eigenvalue weighted by Crippen LogP contribution is 2.23. The number of nitrogens with zero attached hydrogens (tertiary/aromatic N) is 3. The summed E-state index contributed by atoms with van der Waals surface area (Å²) >= 11 is 0. The van der Waals surface area contributed by atoms with Crippen LogP contribution in [0.1, 0.15) is 26.3 Å². The summed E-state index contributed by atoms with van der Waals surface area (Å²) in [7, 11) is -1.49. The molecule has 1 aliphatic rings. The van der Waals surface area contributed by atoms with Crippen molar-refractivity contribution >= 4 is 39.8 Å². The van der Waals surface area contributed by atoms with Gasteiger partial charge in [0.05, 0.1) is 24.2 Å². The Bertz CT molecular complexity index is 690. The molecular formula is C16H27IN4O3S. The van der Waals surface area contributed by atoms with Crippen LogP contribution in [0.5, 0.6) is 5.88 Å². The SMILES string of the molecule is CCNC(=NCc1ccc(OC)nc1)N1CCS(=O)(=O)C(C)(C)C1.I. The molecule has 0 radical (unpaired) electrons. The topological polar surface area (TPSA) is 83.9 Å².